The highest BCUT2D eigenvalue weighted by Crippen LogP contribution is 2.15. The summed E-state index contributed by atoms with van der Waals surface area (Å²) in [5.74, 6) is 2.59. The Bertz CT molecular complexity index is 207. The van der Waals surface area contributed by atoms with Crippen LogP contribution in [0.2, 0.25) is 0 Å². The zero-order valence-corrected chi connectivity index (χ0v) is 10.1. The van der Waals surface area contributed by atoms with Gasteiger partial charge < -0.3 is 10.1 Å². The minimum atomic E-state index is -0.529. The standard InChI is InChI=1S/C11H21NO2S/c13-15-7-3-11(4-8-15)12-9-10-1-5-14-6-2-10/h10-12H,1-9H2. The molecular formula is C11H21NO2S. The number of rotatable bonds is 3. The molecule has 0 spiro atoms. The predicted octanol–water partition coefficient (Wildman–Crippen LogP) is 0.914. The van der Waals surface area contributed by atoms with Crippen molar-refractivity contribution in [3.8, 4) is 0 Å². The van der Waals surface area contributed by atoms with Gasteiger partial charge in [-0.15, -0.1) is 0 Å². The van der Waals surface area contributed by atoms with Crippen LogP contribution in [0.3, 0.4) is 0 Å². The van der Waals surface area contributed by atoms with Crippen LogP contribution in [0.25, 0.3) is 0 Å². The van der Waals surface area contributed by atoms with E-state index in [1.54, 1.807) is 0 Å². The van der Waals surface area contributed by atoms with E-state index in [9.17, 15) is 4.21 Å². The van der Waals surface area contributed by atoms with Crippen LogP contribution in [-0.2, 0) is 15.5 Å². The normalized spacial score (nSPS) is 34.1. The van der Waals surface area contributed by atoms with Crippen LogP contribution in [-0.4, -0.2) is 41.5 Å². The molecule has 0 amide bonds. The molecule has 2 rings (SSSR count). The van der Waals surface area contributed by atoms with E-state index >= 15 is 0 Å². The van der Waals surface area contributed by atoms with Gasteiger partial charge in [0.25, 0.3) is 0 Å². The monoisotopic (exact) mass is 231 g/mol. The summed E-state index contributed by atoms with van der Waals surface area (Å²) in [6.45, 7) is 2.99. The molecule has 0 atom stereocenters. The molecule has 0 saturated carbocycles. The summed E-state index contributed by atoms with van der Waals surface area (Å²) < 4.78 is 16.5. The van der Waals surface area contributed by atoms with E-state index in [0.717, 1.165) is 50.0 Å². The lowest BCUT2D eigenvalue weighted by molar-refractivity contribution is 0.0653. The molecule has 0 unspecified atom stereocenters. The second kappa shape index (κ2) is 5.97. The Balaban J connectivity index is 1.62. The summed E-state index contributed by atoms with van der Waals surface area (Å²) in [7, 11) is -0.529. The molecule has 4 heteroatoms. The summed E-state index contributed by atoms with van der Waals surface area (Å²) in [5, 5.41) is 3.62. The lowest BCUT2D eigenvalue weighted by Gasteiger charge is -2.27. The molecular weight excluding hydrogens is 210 g/mol. The molecule has 2 aliphatic heterocycles. The molecule has 2 saturated heterocycles. The van der Waals surface area contributed by atoms with E-state index < -0.39 is 10.8 Å². The van der Waals surface area contributed by atoms with Gasteiger partial charge in [0, 0.05) is 41.6 Å². The van der Waals surface area contributed by atoms with E-state index in [1.165, 1.54) is 12.8 Å². The molecule has 3 nitrogen and oxygen atoms in total. The molecule has 2 aliphatic rings. The molecule has 2 fully saturated rings. The zero-order valence-electron chi connectivity index (χ0n) is 9.24. The molecule has 0 aliphatic carbocycles. The third-order valence-electron chi connectivity index (χ3n) is 3.42. The van der Waals surface area contributed by atoms with E-state index in [-0.39, 0.29) is 0 Å². The number of ether oxygens (including phenoxy) is 1. The highest BCUT2D eigenvalue weighted by Gasteiger charge is 2.19. The maximum atomic E-state index is 11.2. The van der Waals surface area contributed by atoms with Crippen LogP contribution in [0.5, 0.6) is 0 Å². The van der Waals surface area contributed by atoms with Gasteiger partial charge in [0.15, 0.2) is 0 Å². The van der Waals surface area contributed by atoms with Crippen molar-refractivity contribution in [1.29, 1.82) is 0 Å². The minimum absolute atomic E-state index is 0.529. The van der Waals surface area contributed by atoms with Gasteiger partial charge in [-0.1, -0.05) is 0 Å². The van der Waals surface area contributed by atoms with Crippen molar-refractivity contribution in [3.05, 3.63) is 0 Å². The maximum Gasteiger partial charge on any atom is 0.0469 e. The fourth-order valence-corrected chi connectivity index (χ4v) is 3.58. The van der Waals surface area contributed by atoms with Gasteiger partial charge in [-0.3, -0.25) is 4.21 Å². The van der Waals surface area contributed by atoms with Crippen molar-refractivity contribution in [2.75, 3.05) is 31.3 Å². The predicted molar refractivity (Wildman–Crippen MR) is 62.4 cm³/mol. The molecule has 0 radical (unpaired) electrons. The van der Waals surface area contributed by atoms with Gasteiger partial charge >= 0.3 is 0 Å². The lowest BCUT2D eigenvalue weighted by Crippen LogP contribution is -2.39. The van der Waals surface area contributed by atoms with Gasteiger partial charge in [-0.2, -0.15) is 0 Å². The highest BCUT2D eigenvalue weighted by molar-refractivity contribution is 7.85. The first kappa shape index (κ1) is 11.6. The SMILES string of the molecule is O=S1CCC(NCC2CCOCC2)CC1. The highest BCUT2D eigenvalue weighted by atomic mass is 32.2. The van der Waals surface area contributed by atoms with Crippen molar-refractivity contribution >= 4 is 10.8 Å². The second-order valence-electron chi connectivity index (χ2n) is 4.59. The van der Waals surface area contributed by atoms with E-state index in [1.807, 2.05) is 0 Å². The molecule has 2 heterocycles. The maximum absolute atomic E-state index is 11.2. The number of nitrogens with one attached hydrogen (secondary N) is 1. The van der Waals surface area contributed by atoms with Crippen molar-refractivity contribution in [3.63, 3.8) is 0 Å². The number of hydrogen-bond donors (Lipinski definition) is 1. The molecule has 0 aromatic rings. The van der Waals surface area contributed by atoms with Crippen LogP contribution in [0, 0.1) is 5.92 Å². The average molecular weight is 231 g/mol. The minimum Gasteiger partial charge on any atom is -0.381 e. The molecule has 0 aromatic carbocycles. The van der Waals surface area contributed by atoms with Crippen LogP contribution in [0.4, 0.5) is 0 Å². The smallest absolute Gasteiger partial charge is 0.0469 e. The van der Waals surface area contributed by atoms with Crippen LogP contribution in [0.15, 0.2) is 0 Å². The number of hydrogen-bond acceptors (Lipinski definition) is 3. The van der Waals surface area contributed by atoms with Crippen molar-refractivity contribution in [2.45, 2.75) is 31.7 Å². The topological polar surface area (TPSA) is 38.3 Å². The third kappa shape index (κ3) is 3.85. The van der Waals surface area contributed by atoms with Gasteiger partial charge in [0.05, 0.1) is 0 Å². The van der Waals surface area contributed by atoms with Gasteiger partial charge in [-0.05, 0) is 38.1 Å². The van der Waals surface area contributed by atoms with Crippen molar-refractivity contribution < 1.29 is 8.95 Å². The summed E-state index contributed by atoms with van der Waals surface area (Å²) in [4.78, 5) is 0. The second-order valence-corrected chi connectivity index (χ2v) is 6.28. The fraction of sp³-hybridized carbons (Fsp3) is 1.00. The first-order chi connectivity index (χ1) is 7.34. The van der Waals surface area contributed by atoms with Gasteiger partial charge in [0.2, 0.25) is 0 Å². The first-order valence-corrected chi connectivity index (χ1v) is 7.49. The summed E-state index contributed by atoms with van der Waals surface area (Å²) in [6, 6.07) is 0.616. The Kier molecular flexibility index (Phi) is 4.60. The molecule has 1 N–H and O–H groups in total. The summed E-state index contributed by atoms with van der Waals surface area (Å²) in [5.41, 5.74) is 0. The van der Waals surface area contributed by atoms with E-state index in [4.69, 9.17) is 4.74 Å². The lowest BCUT2D eigenvalue weighted by atomic mass is 9.99. The average Bonchev–Trinajstić information content (AvgIpc) is 2.30. The van der Waals surface area contributed by atoms with Crippen molar-refractivity contribution in [2.24, 2.45) is 5.92 Å². The third-order valence-corrected chi connectivity index (χ3v) is 4.81. The largest absolute Gasteiger partial charge is 0.381 e. The van der Waals surface area contributed by atoms with E-state index in [2.05, 4.69) is 5.32 Å². The first-order valence-electron chi connectivity index (χ1n) is 6.00. The molecule has 0 bridgehead atoms. The Morgan fingerprint density at radius 3 is 2.47 bits per heavy atom. The molecule has 88 valence electrons. The van der Waals surface area contributed by atoms with Crippen LogP contribution in [0.1, 0.15) is 25.7 Å². The quantitative estimate of drug-likeness (QED) is 0.785. The fourth-order valence-electron chi connectivity index (χ4n) is 2.28. The van der Waals surface area contributed by atoms with Crippen LogP contribution >= 0.6 is 0 Å². The van der Waals surface area contributed by atoms with Crippen LogP contribution < -0.4 is 5.32 Å². The Morgan fingerprint density at radius 1 is 1.13 bits per heavy atom. The summed E-state index contributed by atoms with van der Waals surface area (Å²) in [6.07, 6.45) is 4.59. The molecule has 15 heavy (non-hydrogen) atoms. The Labute approximate surface area is 94.4 Å². The zero-order chi connectivity index (χ0) is 10.5. The van der Waals surface area contributed by atoms with Gasteiger partial charge in [-0.25, -0.2) is 0 Å². The van der Waals surface area contributed by atoms with Gasteiger partial charge in [0.1, 0.15) is 0 Å². The van der Waals surface area contributed by atoms with Crippen molar-refractivity contribution in [1.82, 2.24) is 5.32 Å². The van der Waals surface area contributed by atoms with E-state index in [0.29, 0.717) is 6.04 Å². The Hall–Kier alpha value is 0.0700. The molecule has 0 aromatic heterocycles. The summed E-state index contributed by atoms with van der Waals surface area (Å²) >= 11 is 0. The Morgan fingerprint density at radius 2 is 1.80 bits per heavy atom.